The molecule has 3 aromatic heterocycles. The number of hydrogen-bond donors (Lipinski definition) is 0. The third-order valence-corrected chi connectivity index (χ3v) is 6.43. The molecule has 0 bridgehead atoms. The molecule has 0 N–H and O–H groups in total. The van der Waals surface area contributed by atoms with Crippen LogP contribution < -0.4 is 0 Å². The Morgan fingerprint density at radius 3 is 2.85 bits per heavy atom. The minimum atomic E-state index is 0.691. The molecule has 4 heteroatoms. The molecule has 0 amide bonds. The fourth-order valence-corrected chi connectivity index (χ4v) is 5.03. The number of aromatic nitrogens is 3. The predicted molar refractivity (Wildman–Crippen MR) is 109 cm³/mol. The Bertz CT molecular complexity index is 1140. The Labute approximate surface area is 159 Å². The first-order valence-corrected chi connectivity index (χ1v) is 10.2. The topological polar surface area (TPSA) is 25.5 Å². The van der Waals surface area contributed by atoms with Crippen molar-refractivity contribution in [2.24, 2.45) is 0 Å². The second-order valence-corrected chi connectivity index (χ2v) is 8.03. The quantitative estimate of drug-likeness (QED) is 0.506. The fraction of sp³-hybridized carbons (Fsp3) is 0.348. The van der Waals surface area contributed by atoms with Crippen molar-refractivity contribution in [3.8, 4) is 11.1 Å². The summed E-state index contributed by atoms with van der Waals surface area (Å²) in [6.07, 6.45) is 9.30. The summed E-state index contributed by atoms with van der Waals surface area (Å²) in [6.45, 7) is 3.60. The Morgan fingerprint density at radius 1 is 0.926 bits per heavy atom. The van der Waals surface area contributed by atoms with Gasteiger partial charge in [-0.1, -0.05) is 12.1 Å². The number of benzene rings is 1. The molecule has 1 fully saturated rings. The Morgan fingerprint density at radius 2 is 1.85 bits per heavy atom. The van der Waals surface area contributed by atoms with E-state index >= 15 is 0 Å². The van der Waals surface area contributed by atoms with Gasteiger partial charge in [-0.3, -0.25) is 4.90 Å². The molecule has 0 spiro atoms. The summed E-state index contributed by atoms with van der Waals surface area (Å²) in [5, 5.41) is 0. The van der Waals surface area contributed by atoms with Crippen molar-refractivity contribution < 1.29 is 0 Å². The van der Waals surface area contributed by atoms with Crippen LogP contribution in [0.25, 0.3) is 27.7 Å². The minimum Gasteiger partial charge on any atom is -0.328 e. The third-order valence-electron chi connectivity index (χ3n) is 6.43. The molecule has 4 aromatic rings. The van der Waals surface area contributed by atoms with Crippen LogP contribution in [-0.4, -0.2) is 38.0 Å². The molecule has 6 rings (SSSR count). The highest BCUT2D eigenvalue weighted by molar-refractivity contribution is 5.83. The Balaban J connectivity index is 1.43. The SMILES string of the molecule is c1cc2ccc(-c3ccc4c(c3)nc3n4CCCN4CCC[C@H]4C3)cn2c1. The molecule has 27 heavy (non-hydrogen) atoms. The van der Waals surface area contributed by atoms with Gasteiger partial charge in [-0.2, -0.15) is 0 Å². The van der Waals surface area contributed by atoms with Gasteiger partial charge in [0.1, 0.15) is 5.82 Å². The van der Waals surface area contributed by atoms with Gasteiger partial charge in [0.05, 0.1) is 11.0 Å². The van der Waals surface area contributed by atoms with E-state index in [4.69, 9.17) is 4.98 Å². The highest BCUT2D eigenvalue weighted by Crippen LogP contribution is 2.29. The molecule has 1 aromatic carbocycles. The average molecular weight is 356 g/mol. The zero-order valence-corrected chi connectivity index (χ0v) is 15.5. The van der Waals surface area contributed by atoms with Gasteiger partial charge in [0.15, 0.2) is 0 Å². The van der Waals surface area contributed by atoms with Crippen LogP contribution in [0, 0.1) is 0 Å². The molecular weight excluding hydrogens is 332 g/mol. The summed E-state index contributed by atoms with van der Waals surface area (Å²) in [4.78, 5) is 7.76. The maximum absolute atomic E-state index is 5.08. The largest absolute Gasteiger partial charge is 0.328 e. The number of rotatable bonds is 1. The molecular formula is C23H24N4. The van der Waals surface area contributed by atoms with Gasteiger partial charge in [-0.25, -0.2) is 4.98 Å². The standard InChI is InChI=1S/C23H24N4/c1-4-19-8-6-18(16-26(19)11-1)17-7-9-22-21(14-17)24-23-15-20-5-2-10-25(20)12-3-13-27(22)23/h1,4,6-9,11,14,16,20H,2-3,5,10,12-13,15H2/t20-/m0/s1. The summed E-state index contributed by atoms with van der Waals surface area (Å²) >= 11 is 0. The number of pyridine rings is 1. The van der Waals surface area contributed by atoms with Crippen molar-refractivity contribution in [1.29, 1.82) is 0 Å². The Hall–Kier alpha value is -2.59. The molecule has 0 saturated carbocycles. The van der Waals surface area contributed by atoms with Crippen LogP contribution in [0.4, 0.5) is 0 Å². The fourth-order valence-electron chi connectivity index (χ4n) is 5.03. The zero-order chi connectivity index (χ0) is 17.8. The van der Waals surface area contributed by atoms with Gasteiger partial charge in [0.25, 0.3) is 0 Å². The lowest BCUT2D eigenvalue weighted by atomic mass is 10.1. The van der Waals surface area contributed by atoms with Gasteiger partial charge in [0, 0.05) is 43.5 Å². The van der Waals surface area contributed by atoms with Gasteiger partial charge in [0.2, 0.25) is 0 Å². The summed E-state index contributed by atoms with van der Waals surface area (Å²) in [7, 11) is 0. The van der Waals surface area contributed by atoms with Crippen molar-refractivity contribution in [3.63, 3.8) is 0 Å². The van der Waals surface area contributed by atoms with Crippen LogP contribution >= 0.6 is 0 Å². The lowest BCUT2D eigenvalue weighted by Crippen LogP contribution is -2.35. The lowest BCUT2D eigenvalue weighted by Gasteiger charge is -2.27. The number of imidazole rings is 1. The zero-order valence-electron chi connectivity index (χ0n) is 15.5. The Kier molecular flexibility index (Phi) is 3.41. The van der Waals surface area contributed by atoms with E-state index in [1.807, 2.05) is 0 Å². The smallest absolute Gasteiger partial charge is 0.111 e. The van der Waals surface area contributed by atoms with Gasteiger partial charge in [-0.05, 0) is 67.3 Å². The lowest BCUT2D eigenvalue weighted by molar-refractivity contribution is 0.231. The second-order valence-electron chi connectivity index (χ2n) is 8.03. The van der Waals surface area contributed by atoms with E-state index in [0.717, 1.165) is 18.5 Å². The number of nitrogens with zero attached hydrogens (tertiary/aromatic N) is 4. The highest BCUT2D eigenvalue weighted by atomic mass is 15.2. The monoisotopic (exact) mass is 356 g/mol. The van der Waals surface area contributed by atoms with Crippen molar-refractivity contribution >= 4 is 16.6 Å². The maximum atomic E-state index is 5.08. The van der Waals surface area contributed by atoms with Crippen LogP contribution in [0.15, 0.2) is 54.9 Å². The van der Waals surface area contributed by atoms with Crippen LogP contribution in [0.3, 0.4) is 0 Å². The van der Waals surface area contributed by atoms with Crippen molar-refractivity contribution in [2.75, 3.05) is 13.1 Å². The van der Waals surface area contributed by atoms with Gasteiger partial charge >= 0.3 is 0 Å². The van der Waals surface area contributed by atoms with Crippen LogP contribution in [0.1, 0.15) is 25.1 Å². The summed E-state index contributed by atoms with van der Waals surface area (Å²) in [5.74, 6) is 1.28. The first kappa shape index (κ1) is 15.5. The highest BCUT2D eigenvalue weighted by Gasteiger charge is 2.28. The molecule has 1 saturated heterocycles. The normalized spacial score (nSPS) is 20.5. The second kappa shape index (κ2) is 5.96. The van der Waals surface area contributed by atoms with Crippen molar-refractivity contribution in [2.45, 2.75) is 38.3 Å². The van der Waals surface area contributed by atoms with Crippen LogP contribution in [0.5, 0.6) is 0 Å². The predicted octanol–water partition coefficient (Wildman–Crippen LogP) is 4.37. The van der Waals surface area contributed by atoms with Crippen molar-refractivity contribution in [3.05, 3.63) is 60.7 Å². The number of aryl methyl sites for hydroxylation is 1. The van der Waals surface area contributed by atoms with E-state index < -0.39 is 0 Å². The van der Waals surface area contributed by atoms with E-state index in [9.17, 15) is 0 Å². The van der Waals surface area contributed by atoms with Gasteiger partial charge < -0.3 is 8.97 Å². The van der Waals surface area contributed by atoms with Crippen molar-refractivity contribution in [1.82, 2.24) is 18.9 Å². The van der Waals surface area contributed by atoms with E-state index in [1.165, 1.54) is 60.3 Å². The van der Waals surface area contributed by atoms with E-state index in [1.54, 1.807) is 0 Å². The minimum absolute atomic E-state index is 0.691. The molecule has 0 unspecified atom stereocenters. The number of hydrogen-bond acceptors (Lipinski definition) is 2. The summed E-state index contributed by atoms with van der Waals surface area (Å²) < 4.78 is 4.66. The third kappa shape index (κ3) is 2.51. The molecule has 4 nitrogen and oxygen atoms in total. The maximum Gasteiger partial charge on any atom is 0.111 e. The van der Waals surface area contributed by atoms with E-state index in [0.29, 0.717) is 6.04 Å². The average Bonchev–Trinajstić information content (AvgIpc) is 3.39. The van der Waals surface area contributed by atoms with E-state index in [2.05, 4.69) is 68.7 Å². The molecule has 0 radical (unpaired) electrons. The summed E-state index contributed by atoms with van der Waals surface area (Å²) in [5.41, 5.74) is 6.14. The van der Waals surface area contributed by atoms with Crippen LogP contribution in [-0.2, 0) is 13.0 Å². The molecule has 2 aliphatic heterocycles. The molecule has 2 aliphatic rings. The first-order chi connectivity index (χ1) is 13.3. The first-order valence-electron chi connectivity index (χ1n) is 10.2. The molecule has 136 valence electrons. The summed E-state index contributed by atoms with van der Waals surface area (Å²) in [6, 6.07) is 16.1. The molecule has 0 aliphatic carbocycles. The number of fused-ring (bicyclic) bond motifs is 5. The van der Waals surface area contributed by atoms with Crippen LogP contribution in [0.2, 0.25) is 0 Å². The van der Waals surface area contributed by atoms with Gasteiger partial charge in [-0.15, -0.1) is 0 Å². The molecule has 5 heterocycles. The molecule has 1 atom stereocenters. The van der Waals surface area contributed by atoms with E-state index in [-0.39, 0.29) is 0 Å².